The van der Waals surface area contributed by atoms with Crippen LogP contribution in [0.15, 0.2) is 23.3 Å². The third-order valence-electron chi connectivity index (χ3n) is 11.5. The van der Waals surface area contributed by atoms with Crippen molar-refractivity contribution in [1.29, 1.82) is 0 Å². The van der Waals surface area contributed by atoms with Crippen LogP contribution in [-0.4, -0.2) is 38.3 Å². The van der Waals surface area contributed by atoms with Crippen molar-refractivity contribution in [2.45, 2.75) is 136 Å². The molecule has 1 N–H and O–H groups in total. The van der Waals surface area contributed by atoms with Gasteiger partial charge in [0.15, 0.2) is 8.32 Å². The zero-order valence-electron chi connectivity index (χ0n) is 25.0. The normalized spacial score (nSPS) is 35.9. The van der Waals surface area contributed by atoms with Crippen LogP contribution in [-0.2, 0) is 9.16 Å². The number of allylic oxidation sites excluding steroid dienone is 4. The summed E-state index contributed by atoms with van der Waals surface area (Å²) in [5, 5.41) is 10.5. The van der Waals surface area contributed by atoms with Gasteiger partial charge in [-0.1, -0.05) is 64.3 Å². The van der Waals surface area contributed by atoms with Crippen molar-refractivity contribution in [1.82, 2.24) is 0 Å². The summed E-state index contributed by atoms with van der Waals surface area (Å²) in [4.78, 5) is 0. The molecule has 0 radical (unpaired) electrons. The first-order valence-electron chi connectivity index (χ1n) is 15.0. The predicted octanol–water partition coefficient (Wildman–Crippen LogP) is 8.44. The van der Waals surface area contributed by atoms with E-state index >= 15 is 0 Å². The first kappa shape index (κ1) is 28.6. The fourth-order valence-corrected chi connectivity index (χ4v) is 8.95. The van der Waals surface area contributed by atoms with Crippen LogP contribution in [0.1, 0.15) is 106 Å². The predicted molar refractivity (Wildman–Crippen MR) is 154 cm³/mol. The van der Waals surface area contributed by atoms with Crippen LogP contribution in [0.25, 0.3) is 0 Å². The second kappa shape index (κ2) is 9.95. The highest BCUT2D eigenvalue weighted by Crippen LogP contribution is 2.65. The van der Waals surface area contributed by atoms with Crippen molar-refractivity contribution in [3.05, 3.63) is 23.3 Å². The van der Waals surface area contributed by atoms with E-state index in [0.717, 1.165) is 5.92 Å². The highest BCUT2D eigenvalue weighted by molar-refractivity contribution is 6.74. The molecule has 0 heterocycles. The Kier molecular flexibility index (Phi) is 7.90. The minimum absolute atomic E-state index is 0.105. The fourth-order valence-electron chi connectivity index (χ4n) is 7.94. The molecular weight excluding hydrogens is 460 g/mol. The Hall–Kier alpha value is -0.423. The second-order valence-electron chi connectivity index (χ2n) is 15.4. The summed E-state index contributed by atoms with van der Waals surface area (Å²) >= 11 is 0. The van der Waals surface area contributed by atoms with E-state index in [4.69, 9.17) is 9.16 Å². The van der Waals surface area contributed by atoms with Gasteiger partial charge in [0.1, 0.15) is 0 Å². The van der Waals surface area contributed by atoms with Crippen molar-refractivity contribution in [2.75, 3.05) is 13.2 Å². The fraction of sp³-hybridized carbons (Fsp3) is 0.875. The standard InChI is InChI=1S/C32H56O3Si/c1-29(2,3)36(8,9)35-22-28(34-21-20-30(4,5)33)27-16-15-25-24-14-13-23-12-10-11-18-31(23,6)26(24)17-19-32(25,27)7/h13-14,25-28,33H,10-12,15-22H2,1-9H3/t25-,26-,27+,28+,31-,32-/m0/s1. The molecule has 4 rings (SSSR count). The third-order valence-corrected chi connectivity index (χ3v) is 16.0. The Morgan fingerprint density at radius 2 is 1.72 bits per heavy atom. The molecule has 6 atom stereocenters. The molecule has 36 heavy (non-hydrogen) atoms. The number of hydrogen-bond acceptors (Lipinski definition) is 3. The van der Waals surface area contributed by atoms with Crippen LogP contribution >= 0.6 is 0 Å². The van der Waals surface area contributed by atoms with Crippen molar-refractivity contribution >= 4 is 8.32 Å². The van der Waals surface area contributed by atoms with E-state index < -0.39 is 13.9 Å². The van der Waals surface area contributed by atoms with Crippen molar-refractivity contribution in [3.63, 3.8) is 0 Å². The molecular formula is C32H56O3Si. The van der Waals surface area contributed by atoms with Gasteiger partial charge in [0.25, 0.3) is 0 Å². The Morgan fingerprint density at radius 1 is 1.00 bits per heavy atom. The molecule has 3 saturated carbocycles. The molecule has 0 unspecified atom stereocenters. The van der Waals surface area contributed by atoms with Crippen LogP contribution in [0.2, 0.25) is 18.1 Å². The van der Waals surface area contributed by atoms with Gasteiger partial charge in [-0.25, -0.2) is 0 Å². The molecule has 3 nitrogen and oxygen atoms in total. The van der Waals surface area contributed by atoms with Gasteiger partial charge in [-0.2, -0.15) is 0 Å². The summed E-state index contributed by atoms with van der Waals surface area (Å²) in [6, 6.07) is 0. The molecule has 3 fully saturated rings. The van der Waals surface area contributed by atoms with Crippen molar-refractivity contribution < 1.29 is 14.3 Å². The summed E-state index contributed by atoms with van der Waals surface area (Å²) in [6.07, 6.45) is 16.4. The molecule has 0 spiro atoms. The molecule has 4 aliphatic carbocycles. The number of aliphatic hydroxyl groups is 1. The van der Waals surface area contributed by atoms with E-state index in [1.807, 2.05) is 13.8 Å². The smallest absolute Gasteiger partial charge is 0.192 e. The Balaban J connectivity index is 1.56. The van der Waals surface area contributed by atoms with Crippen LogP contribution in [0.3, 0.4) is 0 Å². The van der Waals surface area contributed by atoms with Crippen LogP contribution in [0.5, 0.6) is 0 Å². The SMILES string of the molecule is CC(C)(O)CCO[C@H](CO[Si](C)(C)C(C)(C)C)[C@H]1CC[C@H]2C3=CC=C4CCCC[C@]4(C)[C@H]3CC[C@]12C. The highest BCUT2D eigenvalue weighted by atomic mass is 28.4. The lowest BCUT2D eigenvalue weighted by Gasteiger charge is -2.55. The minimum atomic E-state index is -1.87. The van der Waals surface area contributed by atoms with Crippen LogP contribution < -0.4 is 0 Å². The highest BCUT2D eigenvalue weighted by Gasteiger charge is 2.57. The lowest BCUT2D eigenvalue weighted by molar-refractivity contribution is -0.0766. The van der Waals surface area contributed by atoms with Gasteiger partial charge in [-0.3, -0.25) is 0 Å². The summed E-state index contributed by atoms with van der Waals surface area (Å²) < 4.78 is 13.5. The summed E-state index contributed by atoms with van der Waals surface area (Å²) in [7, 11) is -1.87. The molecule has 0 aromatic heterocycles. The van der Waals surface area contributed by atoms with Gasteiger partial charge in [0.05, 0.1) is 18.3 Å². The van der Waals surface area contributed by atoms with Crippen molar-refractivity contribution in [2.24, 2.45) is 28.6 Å². The van der Waals surface area contributed by atoms with Gasteiger partial charge in [-0.05, 0) is 112 Å². The van der Waals surface area contributed by atoms with Gasteiger partial charge in [-0.15, -0.1) is 0 Å². The number of hydrogen-bond donors (Lipinski definition) is 1. The van der Waals surface area contributed by atoms with E-state index in [1.165, 1.54) is 51.4 Å². The lowest BCUT2D eigenvalue weighted by atomic mass is 9.50. The number of ether oxygens (including phenoxy) is 1. The van der Waals surface area contributed by atoms with Gasteiger partial charge >= 0.3 is 0 Å². The maximum absolute atomic E-state index is 10.3. The Labute approximate surface area is 223 Å². The molecule has 0 amide bonds. The maximum Gasteiger partial charge on any atom is 0.192 e. The molecule has 0 aromatic carbocycles. The lowest BCUT2D eigenvalue weighted by Crippen LogP contribution is -2.49. The maximum atomic E-state index is 10.3. The second-order valence-corrected chi connectivity index (χ2v) is 20.2. The summed E-state index contributed by atoms with van der Waals surface area (Å²) in [5.74, 6) is 1.93. The Bertz CT molecular complexity index is 860. The Morgan fingerprint density at radius 3 is 2.39 bits per heavy atom. The number of rotatable bonds is 8. The monoisotopic (exact) mass is 516 g/mol. The minimum Gasteiger partial charge on any atom is -0.414 e. The third kappa shape index (κ3) is 5.35. The quantitative estimate of drug-likeness (QED) is 0.329. The first-order chi connectivity index (χ1) is 16.6. The molecule has 0 aliphatic heterocycles. The van der Waals surface area contributed by atoms with Gasteiger partial charge < -0.3 is 14.3 Å². The van der Waals surface area contributed by atoms with Gasteiger partial charge in [0.2, 0.25) is 0 Å². The van der Waals surface area contributed by atoms with Crippen molar-refractivity contribution in [3.8, 4) is 0 Å². The summed E-state index contributed by atoms with van der Waals surface area (Å²) in [5.41, 5.74) is 3.47. The molecule has 0 aromatic rings. The topological polar surface area (TPSA) is 38.7 Å². The molecule has 0 saturated heterocycles. The zero-order valence-corrected chi connectivity index (χ0v) is 26.0. The zero-order chi connectivity index (χ0) is 26.6. The van der Waals surface area contributed by atoms with Crippen LogP contribution in [0.4, 0.5) is 0 Å². The van der Waals surface area contributed by atoms with E-state index in [2.05, 4.69) is 59.9 Å². The summed E-state index contributed by atoms with van der Waals surface area (Å²) in [6.45, 7) is 21.9. The van der Waals surface area contributed by atoms with E-state index in [1.54, 1.807) is 11.1 Å². The molecule has 0 bridgehead atoms. The average Bonchev–Trinajstić information content (AvgIpc) is 3.11. The van der Waals surface area contributed by atoms with E-state index in [9.17, 15) is 5.11 Å². The molecule has 206 valence electrons. The molecule has 4 aliphatic rings. The largest absolute Gasteiger partial charge is 0.414 e. The van der Waals surface area contributed by atoms with Gasteiger partial charge in [0, 0.05) is 6.61 Å². The molecule has 4 heteroatoms. The van der Waals surface area contributed by atoms with E-state index in [-0.39, 0.29) is 16.6 Å². The first-order valence-corrected chi connectivity index (χ1v) is 17.9. The van der Waals surface area contributed by atoms with E-state index in [0.29, 0.717) is 36.9 Å². The van der Waals surface area contributed by atoms with Crippen LogP contribution in [0, 0.1) is 28.6 Å². The number of fused-ring (bicyclic) bond motifs is 5. The average molecular weight is 517 g/mol.